The van der Waals surface area contributed by atoms with Crippen molar-refractivity contribution in [2.75, 3.05) is 10.2 Å². The SMILES string of the molecule is C/C=C\C=C(/C)c1cc(-c2ccc(N3c4c(nc5c6ccccc6c6ccccc6n45)C4=CC=CCC43)cc2)ccc1Nc1ccccc1. The number of allylic oxidation sites excluding steroid dienone is 6. The van der Waals surface area contributed by atoms with Crippen molar-refractivity contribution >= 4 is 61.3 Å². The molecule has 0 fully saturated rings. The molecule has 0 spiro atoms. The van der Waals surface area contributed by atoms with Gasteiger partial charge in [0.05, 0.1) is 11.6 Å². The summed E-state index contributed by atoms with van der Waals surface area (Å²) in [6.45, 7) is 4.23. The summed E-state index contributed by atoms with van der Waals surface area (Å²) < 4.78 is 2.39. The van der Waals surface area contributed by atoms with Crippen molar-refractivity contribution in [1.82, 2.24) is 9.38 Å². The third-order valence-corrected chi connectivity index (χ3v) is 9.91. The molecule has 1 N–H and O–H groups in total. The molecule has 4 heteroatoms. The summed E-state index contributed by atoms with van der Waals surface area (Å²) >= 11 is 0. The number of nitrogens with zero attached hydrogens (tertiary/aromatic N) is 3. The lowest BCUT2D eigenvalue weighted by Crippen LogP contribution is -2.28. The van der Waals surface area contributed by atoms with E-state index in [-0.39, 0.29) is 6.04 Å². The summed E-state index contributed by atoms with van der Waals surface area (Å²) in [6, 6.07) is 43.8. The van der Waals surface area contributed by atoms with Crippen molar-refractivity contribution in [3.8, 4) is 11.1 Å². The van der Waals surface area contributed by atoms with Crippen molar-refractivity contribution in [3.05, 3.63) is 169 Å². The maximum atomic E-state index is 5.39. The number of anilines is 4. The minimum Gasteiger partial charge on any atom is -0.355 e. The fourth-order valence-corrected chi connectivity index (χ4v) is 7.58. The van der Waals surface area contributed by atoms with Gasteiger partial charge in [0, 0.05) is 39.0 Å². The van der Waals surface area contributed by atoms with Gasteiger partial charge in [-0.15, -0.1) is 0 Å². The number of benzene rings is 5. The third-order valence-electron chi connectivity index (χ3n) is 9.91. The van der Waals surface area contributed by atoms with Crippen LogP contribution in [-0.2, 0) is 0 Å². The first-order chi connectivity index (χ1) is 24.2. The Morgan fingerprint density at radius 1 is 0.796 bits per heavy atom. The van der Waals surface area contributed by atoms with Crippen molar-refractivity contribution in [2.24, 2.45) is 0 Å². The number of aromatic nitrogens is 2. The molecule has 1 atom stereocenters. The van der Waals surface area contributed by atoms with Crippen LogP contribution in [0.5, 0.6) is 0 Å². The van der Waals surface area contributed by atoms with Crippen LogP contribution in [0.3, 0.4) is 0 Å². The smallest absolute Gasteiger partial charge is 0.147 e. The average molecular weight is 633 g/mol. The maximum absolute atomic E-state index is 5.39. The zero-order valence-electron chi connectivity index (χ0n) is 27.6. The summed E-state index contributed by atoms with van der Waals surface area (Å²) in [4.78, 5) is 7.90. The monoisotopic (exact) mass is 632 g/mol. The second-order valence-electron chi connectivity index (χ2n) is 12.9. The van der Waals surface area contributed by atoms with Gasteiger partial charge in [-0.25, -0.2) is 4.98 Å². The van der Waals surface area contributed by atoms with Crippen LogP contribution in [0.1, 0.15) is 31.5 Å². The molecule has 0 saturated heterocycles. The Labute approximate surface area is 286 Å². The highest BCUT2D eigenvalue weighted by Crippen LogP contribution is 2.49. The van der Waals surface area contributed by atoms with Gasteiger partial charge < -0.3 is 10.2 Å². The van der Waals surface area contributed by atoms with E-state index in [0.29, 0.717) is 0 Å². The van der Waals surface area contributed by atoms with E-state index in [1.165, 1.54) is 55.2 Å². The Kier molecular flexibility index (Phi) is 7.02. The Morgan fingerprint density at radius 2 is 1.53 bits per heavy atom. The van der Waals surface area contributed by atoms with Crippen LogP contribution in [0.2, 0.25) is 0 Å². The molecule has 1 unspecified atom stereocenters. The van der Waals surface area contributed by atoms with Crippen LogP contribution in [0, 0.1) is 0 Å². The molecule has 2 aliphatic rings. The van der Waals surface area contributed by atoms with Gasteiger partial charge in [0.1, 0.15) is 17.2 Å². The topological polar surface area (TPSA) is 32.6 Å². The first-order valence-corrected chi connectivity index (χ1v) is 17.0. The zero-order valence-corrected chi connectivity index (χ0v) is 27.6. The molecule has 4 nitrogen and oxygen atoms in total. The normalized spacial score (nSPS) is 15.7. The molecule has 5 aromatic carbocycles. The van der Waals surface area contributed by atoms with Gasteiger partial charge >= 0.3 is 0 Å². The van der Waals surface area contributed by atoms with E-state index >= 15 is 0 Å². The minimum atomic E-state index is 0.199. The second-order valence-corrected chi connectivity index (χ2v) is 12.9. The van der Waals surface area contributed by atoms with E-state index in [9.17, 15) is 0 Å². The van der Waals surface area contributed by atoms with Crippen LogP contribution in [0.25, 0.3) is 49.6 Å². The number of pyridine rings is 1. The predicted octanol–water partition coefficient (Wildman–Crippen LogP) is 11.9. The van der Waals surface area contributed by atoms with Gasteiger partial charge in [0.25, 0.3) is 0 Å². The molecule has 1 aliphatic heterocycles. The Balaban J connectivity index is 1.16. The fraction of sp³-hybridized carbons (Fsp3) is 0.0889. The number of imidazole rings is 1. The highest BCUT2D eigenvalue weighted by molar-refractivity contribution is 6.13. The Bertz CT molecular complexity index is 2510. The summed E-state index contributed by atoms with van der Waals surface area (Å²) in [7, 11) is 0. The van der Waals surface area contributed by atoms with Crippen molar-refractivity contribution in [1.29, 1.82) is 0 Å². The number of rotatable bonds is 6. The van der Waals surface area contributed by atoms with E-state index in [0.717, 1.165) is 35.0 Å². The highest BCUT2D eigenvalue weighted by Gasteiger charge is 2.39. The first kappa shape index (κ1) is 29.0. The molecule has 2 aromatic heterocycles. The molecule has 236 valence electrons. The van der Waals surface area contributed by atoms with Crippen LogP contribution in [0.15, 0.2) is 158 Å². The molecule has 49 heavy (non-hydrogen) atoms. The summed E-state index contributed by atoms with van der Waals surface area (Å²) in [5, 5.41) is 7.29. The average Bonchev–Trinajstić information content (AvgIpc) is 3.70. The van der Waals surface area contributed by atoms with Gasteiger partial charge in [0.2, 0.25) is 0 Å². The van der Waals surface area contributed by atoms with Gasteiger partial charge in [-0.05, 0) is 84.8 Å². The van der Waals surface area contributed by atoms with Crippen molar-refractivity contribution in [2.45, 2.75) is 26.3 Å². The molecule has 0 amide bonds. The highest BCUT2D eigenvalue weighted by atomic mass is 15.3. The molecule has 1 aliphatic carbocycles. The molecule has 9 rings (SSSR count). The lowest BCUT2D eigenvalue weighted by Gasteiger charge is -2.29. The zero-order chi connectivity index (χ0) is 32.9. The van der Waals surface area contributed by atoms with Crippen LogP contribution in [-0.4, -0.2) is 15.4 Å². The van der Waals surface area contributed by atoms with Crippen LogP contribution in [0.4, 0.5) is 22.9 Å². The summed E-state index contributed by atoms with van der Waals surface area (Å²) in [5.41, 5.74) is 12.6. The van der Waals surface area contributed by atoms with E-state index in [2.05, 4.69) is 173 Å². The Morgan fingerprint density at radius 3 is 2.35 bits per heavy atom. The number of fused-ring (bicyclic) bond motifs is 10. The van der Waals surface area contributed by atoms with Crippen LogP contribution >= 0.6 is 0 Å². The largest absolute Gasteiger partial charge is 0.355 e. The van der Waals surface area contributed by atoms with E-state index in [4.69, 9.17) is 4.98 Å². The van der Waals surface area contributed by atoms with Crippen LogP contribution < -0.4 is 10.2 Å². The number of nitrogens with one attached hydrogen (secondary N) is 1. The van der Waals surface area contributed by atoms with E-state index in [1.807, 2.05) is 13.0 Å². The third kappa shape index (κ3) is 4.79. The molecule has 3 heterocycles. The standard InChI is InChI=1S/C45H36N4/c1-3-4-14-30(2)39-29-32(25-28-40(39)46-33-15-6-5-7-16-33)31-23-26-34(27-24-31)48-42-22-13-11-20-38(42)43-45(48)49-41-21-12-10-18-36(41)35-17-8-9-19-37(35)44(49)47-43/h3-21,23-29,42,46H,22H2,1-2H3/b4-3-,30-14+. The maximum Gasteiger partial charge on any atom is 0.147 e. The summed E-state index contributed by atoms with van der Waals surface area (Å²) in [5.74, 6) is 1.15. The van der Waals surface area contributed by atoms with E-state index < -0.39 is 0 Å². The molecular weight excluding hydrogens is 597 g/mol. The number of hydrogen-bond donors (Lipinski definition) is 1. The van der Waals surface area contributed by atoms with Crippen molar-refractivity contribution in [3.63, 3.8) is 0 Å². The number of para-hydroxylation sites is 2. The van der Waals surface area contributed by atoms with E-state index in [1.54, 1.807) is 0 Å². The predicted molar refractivity (Wildman–Crippen MR) is 208 cm³/mol. The molecule has 0 saturated carbocycles. The van der Waals surface area contributed by atoms with Gasteiger partial charge in [0.15, 0.2) is 0 Å². The molecule has 0 radical (unpaired) electrons. The quantitative estimate of drug-likeness (QED) is 0.146. The molecule has 7 aromatic rings. The van der Waals surface area contributed by atoms with Crippen molar-refractivity contribution < 1.29 is 0 Å². The fourth-order valence-electron chi connectivity index (χ4n) is 7.58. The lowest BCUT2D eigenvalue weighted by atomic mass is 9.96. The van der Waals surface area contributed by atoms with Gasteiger partial charge in [-0.2, -0.15) is 0 Å². The molecular formula is C45H36N4. The first-order valence-electron chi connectivity index (χ1n) is 17.0. The summed E-state index contributed by atoms with van der Waals surface area (Å²) in [6.07, 6.45) is 14.0. The number of hydrogen-bond acceptors (Lipinski definition) is 3. The van der Waals surface area contributed by atoms with Gasteiger partial charge in [-0.1, -0.05) is 115 Å². The Hall–Kier alpha value is -6.13. The second kappa shape index (κ2) is 11.8. The lowest BCUT2D eigenvalue weighted by molar-refractivity contribution is 0.816. The molecule has 0 bridgehead atoms. The van der Waals surface area contributed by atoms with Gasteiger partial charge in [-0.3, -0.25) is 4.40 Å². The minimum absolute atomic E-state index is 0.199.